The number of nitrogens with one attached hydrogen (secondary N) is 1. The average molecular weight is 406 g/mol. The summed E-state index contributed by atoms with van der Waals surface area (Å²) >= 11 is 1.18. The second-order valence-electron chi connectivity index (χ2n) is 6.55. The maximum Gasteiger partial charge on any atom is 0.350 e. The molecular formula is C22H18N2O4S. The van der Waals surface area contributed by atoms with Crippen LogP contribution in [0.4, 0.5) is 5.69 Å². The minimum atomic E-state index is -0.832. The molecular weight excluding hydrogens is 388 g/mol. The van der Waals surface area contributed by atoms with Crippen molar-refractivity contribution >= 4 is 34.8 Å². The fraction of sp³-hybridized carbons (Fsp3) is 0.136. The Morgan fingerprint density at radius 3 is 2.52 bits per heavy atom. The van der Waals surface area contributed by atoms with Crippen molar-refractivity contribution in [2.45, 2.75) is 12.6 Å². The number of rotatable bonds is 5. The van der Waals surface area contributed by atoms with Gasteiger partial charge in [-0.2, -0.15) is 0 Å². The molecule has 0 saturated carbocycles. The van der Waals surface area contributed by atoms with Gasteiger partial charge in [-0.25, -0.2) is 4.79 Å². The minimum Gasteiger partial charge on any atom is -0.465 e. The fourth-order valence-electron chi connectivity index (χ4n) is 3.45. The largest absolute Gasteiger partial charge is 0.465 e. The maximum absolute atomic E-state index is 13.3. The molecule has 2 aromatic carbocycles. The van der Waals surface area contributed by atoms with Gasteiger partial charge in [-0.1, -0.05) is 48.5 Å². The van der Waals surface area contributed by atoms with Crippen LogP contribution in [0.2, 0.25) is 0 Å². The van der Waals surface area contributed by atoms with E-state index in [0.29, 0.717) is 28.2 Å². The molecule has 1 aromatic heterocycles. The Morgan fingerprint density at radius 2 is 1.79 bits per heavy atom. The molecule has 6 nitrogen and oxygen atoms in total. The number of thiophene rings is 1. The van der Waals surface area contributed by atoms with Crippen molar-refractivity contribution in [3.05, 3.63) is 87.6 Å². The standard InChI is InChI=1S/C22H18N2O4S/c1-28-22(27)19-17(11-12-29-19)23-20(25)18(14-7-3-2-4-8-14)24-13-15-9-5-6-10-16(15)21(24)26/h2-12,18H,13H2,1H3,(H,23,25). The predicted molar refractivity (Wildman–Crippen MR) is 110 cm³/mol. The van der Waals surface area contributed by atoms with Crippen molar-refractivity contribution in [3.8, 4) is 0 Å². The number of fused-ring (bicyclic) bond motifs is 1. The lowest BCUT2D eigenvalue weighted by Crippen LogP contribution is -2.37. The Kier molecular flexibility index (Phi) is 5.14. The number of amides is 2. The Balaban J connectivity index is 1.68. The molecule has 146 valence electrons. The van der Waals surface area contributed by atoms with Crippen molar-refractivity contribution in [2.24, 2.45) is 0 Å². The summed E-state index contributed by atoms with van der Waals surface area (Å²) in [5, 5.41) is 4.51. The highest BCUT2D eigenvalue weighted by Gasteiger charge is 2.37. The van der Waals surface area contributed by atoms with E-state index in [1.165, 1.54) is 18.4 Å². The van der Waals surface area contributed by atoms with E-state index in [-0.39, 0.29) is 11.8 Å². The molecule has 1 aliphatic rings. The summed E-state index contributed by atoms with van der Waals surface area (Å²) in [4.78, 5) is 40.1. The van der Waals surface area contributed by atoms with Crippen LogP contribution in [0.15, 0.2) is 66.0 Å². The van der Waals surface area contributed by atoms with Crippen molar-refractivity contribution in [3.63, 3.8) is 0 Å². The number of benzene rings is 2. The molecule has 0 fully saturated rings. The normalized spacial score (nSPS) is 13.7. The number of methoxy groups -OCH3 is 1. The summed E-state index contributed by atoms with van der Waals surface area (Å²) in [6.45, 7) is 0.343. The molecule has 0 radical (unpaired) electrons. The van der Waals surface area contributed by atoms with Gasteiger partial charge in [-0.15, -0.1) is 11.3 Å². The number of nitrogens with zero attached hydrogens (tertiary/aromatic N) is 1. The molecule has 1 aliphatic heterocycles. The average Bonchev–Trinajstić information content (AvgIpc) is 3.33. The molecule has 29 heavy (non-hydrogen) atoms. The predicted octanol–water partition coefficient (Wildman–Crippen LogP) is 3.87. The van der Waals surface area contributed by atoms with Crippen LogP contribution in [0.25, 0.3) is 0 Å². The van der Waals surface area contributed by atoms with Crippen LogP contribution in [0.3, 0.4) is 0 Å². The first-order chi connectivity index (χ1) is 14.1. The van der Waals surface area contributed by atoms with Gasteiger partial charge in [0.2, 0.25) is 0 Å². The van der Waals surface area contributed by atoms with Crippen molar-refractivity contribution in [2.75, 3.05) is 12.4 Å². The molecule has 0 spiro atoms. The Bertz CT molecular complexity index is 1080. The molecule has 1 atom stereocenters. The van der Waals surface area contributed by atoms with Gasteiger partial charge < -0.3 is 15.0 Å². The first-order valence-corrected chi connectivity index (χ1v) is 9.88. The van der Waals surface area contributed by atoms with Crippen LogP contribution < -0.4 is 5.32 Å². The Hall–Kier alpha value is -3.45. The third-order valence-electron chi connectivity index (χ3n) is 4.82. The van der Waals surface area contributed by atoms with Crippen molar-refractivity contribution < 1.29 is 19.1 Å². The molecule has 2 heterocycles. The van der Waals surface area contributed by atoms with Gasteiger partial charge in [-0.05, 0) is 28.6 Å². The van der Waals surface area contributed by atoms with Crippen LogP contribution >= 0.6 is 11.3 Å². The monoisotopic (exact) mass is 406 g/mol. The number of carbonyl (C=O) groups is 3. The fourth-order valence-corrected chi connectivity index (χ4v) is 4.22. The number of anilines is 1. The van der Waals surface area contributed by atoms with E-state index in [0.717, 1.165) is 5.56 Å². The minimum absolute atomic E-state index is 0.192. The quantitative estimate of drug-likeness (QED) is 0.653. The maximum atomic E-state index is 13.3. The molecule has 0 bridgehead atoms. The SMILES string of the molecule is COC(=O)c1sccc1NC(=O)C(c1ccccc1)N1Cc2ccccc2C1=O. The molecule has 2 amide bonds. The number of esters is 1. The number of hydrogen-bond acceptors (Lipinski definition) is 5. The summed E-state index contributed by atoms with van der Waals surface area (Å²) in [5.74, 6) is -1.10. The topological polar surface area (TPSA) is 75.7 Å². The first kappa shape index (κ1) is 18.9. The Morgan fingerprint density at radius 1 is 1.07 bits per heavy atom. The molecule has 3 aromatic rings. The lowest BCUT2D eigenvalue weighted by atomic mass is 10.0. The van der Waals surface area contributed by atoms with Crippen LogP contribution in [0.1, 0.15) is 37.2 Å². The number of ether oxygens (including phenoxy) is 1. The lowest BCUT2D eigenvalue weighted by molar-refractivity contribution is -0.120. The summed E-state index contributed by atoms with van der Waals surface area (Å²) < 4.78 is 4.78. The van der Waals surface area contributed by atoms with E-state index in [2.05, 4.69) is 5.32 Å². The summed E-state index contributed by atoms with van der Waals surface area (Å²) in [6, 6.07) is 17.3. The summed E-state index contributed by atoms with van der Waals surface area (Å²) in [5.41, 5.74) is 2.56. The van der Waals surface area contributed by atoms with E-state index in [1.54, 1.807) is 22.4 Å². The van der Waals surface area contributed by atoms with Gasteiger partial charge in [0, 0.05) is 12.1 Å². The molecule has 1 unspecified atom stereocenters. The van der Waals surface area contributed by atoms with Gasteiger partial charge >= 0.3 is 5.97 Å². The molecule has 0 saturated heterocycles. The summed E-state index contributed by atoms with van der Waals surface area (Å²) in [6.07, 6.45) is 0. The van der Waals surface area contributed by atoms with Crippen LogP contribution in [0.5, 0.6) is 0 Å². The van der Waals surface area contributed by atoms with E-state index in [1.807, 2.05) is 48.5 Å². The Labute approximate surface area is 171 Å². The first-order valence-electron chi connectivity index (χ1n) is 9.00. The van der Waals surface area contributed by atoms with Gasteiger partial charge in [-0.3, -0.25) is 9.59 Å². The zero-order chi connectivity index (χ0) is 20.4. The van der Waals surface area contributed by atoms with Crippen LogP contribution in [0, 0.1) is 0 Å². The highest BCUT2D eigenvalue weighted by molar-refractivity contribution is 7.12. The molecule has 1 N–H and O–H groups in total. The highest BCUT2D eigenvalue weighted by Crippen LogP contribution is 2.33. The second kappa shape index (κ2) is 7.89. The van der Waals surface area contributed by atoms with E-state index < -0.39 is 12.0 Å². The smallest absolute Gasteiger partial charge is 0.350 e. The molecule has 7 heteroatoms. The third kappa shape index (κ3) is 3.52. The number of hydrogen-bond donors (Lipinski definition) is 1. The molecule has 4 rings (SSSR count). The van der Waals surface area contributed by atoms with Gasteiger partial charge in [0.25, 0.3) is 11.8 Å². The van der Waals surface area contributed by atoms with E-state index in [9.17, 15) is 14.4 Å². The van der Waals surface area contributed by atoms with E-state index in [4.69, 9.17) is 4.74 Å². The van der Waals surface area contributed by atoms with Crippen LogP contribution in [-0.4, -0.2) is 29.8 Å². The van der Waals surface area contributed by atoms with Crippen molar-refractivity contribution in [1.29, 1.82) is 0 Å². The third-order valence-corrected chi connectivity index (χ3v) is 5.71. The van der Waals surface area contributed by atoms with Gasteiger partial charge in [0.05, 0.1) is 12.8 Å². The highest BCUT2D eigenvalue weighted by atomic mass is 32.1. The molecule has 0 aliphatic carbocycles. The second-order valence-corrected chi connectivity index (χ2v) is 7.46. The zero-order valence-electron chi connectivity index (χ0n) is 15.6. The van der Waals surface area contributed by atoms with Gasteiger partial charge in [0.1, 0.15) is 10.9 Å². The zero-order valence-corrected chi connectivity index (χ0v) is 16.4. The number of carbonyl (C=O) groups excluding carboxylic acids is 3. The van der Waals surface area contributed by atoms with Crippen molar-refractivity contribution in [1.82, 2.24) is 4.90 Å². The lowest BCUT2D eigenvalue weighted by Gasteiger charge is -2.27. The van der Waals surface area contributed by atoms with Gasteiger partial charge in [0.15, 0.2) is 0 Å². The van der Waals surface area contributed by atoms with Crippen LogP contribution in [-0.2, 0) is 16.1 Å². The summed E-state index contributed by atoms with van der Waals surface area (Å²) in [7, 11) is 1.29. The van der Waals surface area contributed by atoms with E-state index >= 15 is 0 Å².